The average Bonchev–Trinajstić information content (AvgIpc) is 2.66. The molecular weight excluding hydrogens is 196 g/mol. The molecule has 1 aromatic heterocycles. The van der Waals surface area contributed by atoms with Gasteiger partial charge in [0.2, 0.25) is 5.82 Å². The van der Waals surface area contributed by atoms with Gasteiger partial charge in [-0.15, -0.1) is 5.10 Å². The zero-order chi connectivity index (χ0) is 10.7. The second-order valence-electron chi connectivity index (χ2n) is 3.83. The monoisotopic (exact) mass is 210 g/mol. The van der Waals surface area contributed by atoms with Gasteiger partial charge in [0.25, 0.3) is 5.91 Å². The molecule has 0 saturated heterocycles. The predicted octanol–water partition coefficient (Wildman–Crippen LogP) is 0.160. The van der Waals surface area contributed by atoms with E-state index in [9.17, 15) is 9.59 Å². The SMILES string of the molecule is O=C(NC1CCCCC1)c1n[nH]c(=O)[nH]1. The summed E-state index contributed by atoms with van der Waals surface area (Å²) in [5.41, 5.74) is -0.455. The van der Waals surface area contributed by atoms with Crippen molar-refractivity contribution >= 4 is 5.91 Å². The van der Waals surface area contributed by atoms with Crippen molar-refractivity contribution in [3.05, 3.63) is 16.3 Å². The molecule has 0 bridgehead atoms. The van der Waals surface area contributed by atoms with Crippen molar-refractivity contribution < 1.29 is 4.79 Å². The molecular formula is C9H14N4O2. The fourth-order valence-electron chi connectivity index (χ4n) is 1.88. The highest BCUT2D eigenvalue weighted by Gasteiger charge is 2.18. The number of carbonyl (C=O) groups excluding carboxylic acids is 1. The number of carbonyl (C=O) groups is 1. The van der Waals surface area contributed by atoms with Crippen LogP contribution in [0.25, 0.3) is 0 Å². The lowest BCUT2D eigenvalue weighted by molar-refractivity contribution is 0.0917. The third-order valence-corrected chi connectivity index (χ3v) is 2.66. The molecule has 0 radical (unpaired) electrons. The van der Waals surface area contributed by atoms with Gasteiger partial charge in [-0.05, 0) is 12.8 Å². The van der Waals surface area contributed by atoms with Gasteiger partial charge in [0.1, 0.15) is 0 Å². The second-order valence-corrected chi connectivity index (χ2v) is 3.83. The Kier molecular flexibility index (Phi) is 2.84. The second kappa shape index (κ2) is 4.29. The molecule has 3 N–H and O–H groups in total. The van der Waals surface area contributed by atoms with Gasteiger partial charge in [-0.1, -0.05) is 19.3 Å². The van der Waals surface area contributed by atoms with Crippen LogP contribution in [0.2, 0.25) is 0 Å². The molecule has 1 aliphatic carbocycles. The number of nitrogens with zero attached hydrogens (tertiary/aromatic N) is 1. The van der Waals surface area contributed by atoms with Crippen LogP contribution >= 0.6 is 0 Å². The van der Waals surface area contributed by atoms with Crippen molar-refractivity contribution in [2.45, 2.75) is 38.1 Å². The van der Waals surface area contributed by atoms with Crippen LogP contribution in [-0.2, 0) is 0 Å². The summed E-state index contributed by atoms with van der Waals surface area (Å²) in [5, 5.41) is 8.60. The summed E-state index contributed by atoms with van der Waals surface area (Å²) in [5.74, 6) is -0.245. The molecule has 0 aliphatic heterocycles. The lowest BCUT2D eigenvalue weighted by Crippen LogP contribution is -2.36. The van der Waals surface area contributed by atoms with E-state index in [2.05, 4.69) is 20.5 Å². The van der Waals surface area contributed by atoms with E-state index >= 15 is 0 Å². The van der Waals surface area contributed by atoms with E-state index in [0.717, 1.165) is 25.7 Å². The molecule has 1 heterocycles. The minimum atomic E-state index is -0.455. The van der Waals surface area contributed by atoms with Gasteiger partial charge < -0.3 is 5.32 Å². The summed E-state index contributed by atoms with van der Waals surface area (Å²) in [6.45, 7) is 0. The van der Waals surface area contributed by atoms with Gasteiger partial charge >= 0.3 is 5.69 Å². The van der Waals surface area contributed by atoms with Gasteiger partial charge in [-0.3, -0.25) is 9.78 Å². The largest absolute Gasteiger partial charge is 0.347 e. The van der Waals surface area contributed by atoms with E-state index in [0.29, 0.717) is 0 Å². The Hall–Kier alpha value is -1.59. The summed E-state index contributed by atoms with van der Waals surface area (Å²) in [6.07, 6.45) is 5.58. The number of amides is 1. The zero-order valence-electron chi connectivity index (χ0n) is 8.38. The van der Waals surface area contributed by atoms with Crippen LogP contribution in [0.15, 0.2) is 4.79 Å². The van der Waals surface area contributed by atoms with Crippen LogP contribution in [0.5, 0.6) is 0 Å². The molecule has 1 aromatic rings. The van der Waals surface area contributed by atoms with Crippen molar-refractivity contribution in [3.63, 3.8) is 0 Å². The Morgan fingerprint density at radius 3 is 2.67 bits per heavy atom. The minimum Gasteiger partial charge on any atom is -0.347 e. The lowest BCUT2D eigenvalue weighted by Gasteiger charge is -2.21. The highest BCUT2D eigenvalue weighted by molar-refractivity contribution is 5.90. The Bertz CT molecular complexity index is 389. The van der Waals surface area contributed by atoms with Crippen molar-refractivity contribution in [3.8, 4) is 0 Å². The topological polar surface area (TPSA) is 90.6 Å². The first-order valence-corrected chi connectivity index (χ1v) is 5.21. The Morgan fingerprint density at radius 2 is 2.07 bits per heavy atom. The number of nitrogens with one attached hydrogen (secondary N) is 3. The highest BCUT2D eigenvalue weighted by atomic mass is 16.2. The van der Waals surface area contributed by atoms with Crippen molar-refractivity contribution in [2.75, 3.05) is 0 Å². The van der Waals surface area contributed by atoms with Crippen molar-refractivity contribution in [1.82, 2.24) is 20.5 Å². The molecule has 1 amide bonds. The van der Waals surface area contributed by atoms with E-state index in [1.54, 1.807) is 0 Å². The maximum absolute atomic E-state index is 11.6. The highest BCUT2D eigenvalue weighted by Crippen LogP contribution is 2.17. The predicted molar refractivity (Wildman–Crippen MR) is 53.5 cm³/mol. The molecule has 6 heteroatoms. The molecule has 1 fully saturated rings. The van der Waals surface area contributed by atoms with E-state index in [4.69, 9.17) is 0 Å². The summed E-state index contributed by atoms with van der Waals surface area (Å²) in [6, 6.07) is 0.228. The van der Waals surface area contributed by atoms with E-state index in [1.807, 2.05) is 0 Å². The number of hydrogen-bond acceptors (Lipinski definition) is 3. The first kappa shape index (κ1) is 9.95. The van der Waals surface area contributed by atoms with Gasteiger partial charge in [0.15, 0.2) is 0 Å². The fourth-order valence-corrected chi connectivity index (χ4v) is 1.88. The average molecular weight is 210 g/mol. The van der Waals surface area contributed by atoms with Crippen molar-refractivity contribution in [2.24, 2.45) is 0 Å². The number of aromatic amines is 2. The Morgan fingerprint density at radius 1 is 1.33 bits per heavy atom. The molecule has 0 unspecified atom stereocenters. The van der Waals surface area contributed by atoms with E-state index in [1.165, 1.54) is 6.42 Å². The van der Waals surface area contributed by atoms with Crippen LogP contribution in [0, 0.1) is 0 Å². The number of H-pyrrole nitrogens is 2. The lowest BCUT2D eigenvalue weighted by atomic mass is 9.95. The van der Waals surface area contributed by atoms with Crippen LogP contribution < -0.4 is 11.0 Å². The van der Waals surface area contributed by atoms with Gasteiger partial charge in [-0.2, -0.15) is 0 Å². The fraction of sp³-hybridized carbons (Fsp3) is 0.667. The summed E-state index contributed by atoms with van der Waals surface area (Å²) in [4.78, 5) is 24.6. The molecule has 1 saturated carbocycles. The maximum Gasteiger partial charge on any atom is 0.341 e. The molecule has 6 nitrogen and oxygen atoms in total. The molecule has 2 rings (SSSR count). The number of hydrogen-bond donors (Lipinski definition) is 3. The third-order valence-electron chi connectivity index (χ3n) is 2.66. The van der Waals surface area contributed by atoms with Crippen LogP contribution in [0.3, 0.4) is 0 Å². The van der Waals surface area contributed by atoms with Gasteiger partial charge in [-0.25, -0.2) is 9.89 Å². The zero-order valence-corrected chi connectivity index (χ0v) is 8.38. The summed E-state index contributed by atoms with van der Waals surface area (Å²) < 4.78 is 0. The minimum absolute atomic E-state index is 0.0607. The summed E-state index contributed by atoms with van der Waals surface area (Å²) in [7, 11) is 0. The molecule has 0 atom stereocenters. The third kappa shape index (κ3) is 2.45. The normalized spacial score (nSPS) is 17.6. The molecule has 0 aromatic carbocycles. The van der Waals surface area contributed by atoms with Crippen molar-refractivity contribution in [1.29, 1.82) is 0 Å². The molecule has 1 aliphatic rings. The van der Waals surface area contributed by atoms with Gasteiger partial charge in [0.05, 0.1) is 0 Å². The summed E-state index contributed by atoms with van der Waals surface area (Å²) >= 11 is 0. The first-order valence-electron chi connectivity index (χ1n) is 5.21. The number of rotatable bonds is 2. The van der Waals surface area contributed by atoms with Gasteiger partial charge in [0, 0.05) is 6.04 Å². The van der Waals surface area contributed by atoms with Crippen LogP contribution in [-0.4, -0.2) is 27.1 Å². The van der Waals surface area contributed by atoms with E-state index in [-0.39, 0.29) is 17.8 Å². The Balaban J connectivity index is 1.94. The standard InChI is InChI=1S/C9H14N4O2/c14-8(7-11-9(15)13-12-7)10-6-4-2-1-3-5-6/h6H,1-5H2,(H,10,14)(H2,11,12,13,15). The Labute approximate surface area is 86.5 Å². The first-order chi connectivity index (χ1) is 7.25. The quantitative estimate of drug-likeness (QED) is 0.649. The van der Waals surface area contributed by atoms with Crippen LogP contribution in [0.4, 0.5) is 0 Å². The number of aromatic nitrogens is 3. The van der Waals surface area contributed by atoms with E-state index < -0.39 is 5.69 Å². The van der Waals surface area contributed by atoms with Crippen LogP contribution in [0.1, 0.15) is 42.7 Å². The molecule has 0 spiro atoms. The molecule has 82 valence electrons. The maximum atomic E-state index is 11.6. The molecule has 15 heavy (non-hydrogen) atoms. The smallest absolute Gasteiger partial charge is 0.341 e.